The summed E-state index contributed by atoms with van der Waals surface area (Å²) in [4.78, 5) is 2.82. The third-order valence-electron chi connectivity index (χ3n) is 5.55. The molecule has 1 aliphatic heterocycles. The first-order chi connectivity index (χ1) is 8.34. The molecular formula is C15H28N2. The van der Waals surface area contributed by atoms with Crippen molar-refractivity contribution in [2.45, 2.75) is 69.9 Å². The first-order valence-corrected chi connectivity index (χ1v) is 7.84. The van der Waals surface area contributed by atoms with Crippen molar-refractivity contribution in [2.75, 3.05) is 13.1 Å². The second kappa shape index (κ2) is 5.27. The number of likely N-dealkylation sites (tertiary alicyclic amines) is 1. The second-order valence-corrected chi connectivity index (χ2v) is 6.60. The van der Waals surface area contributed by atoms with Gasteiger partial charge in [-0.05, 0) is 56.9 Å². The molecule has 2 heteroatoms. The first-order valence-electron chi connectivity index (χ1n) is 7.84. The van der Waals surface area contributed by atoms with Crippen molar-refractivity contribution in [1.82, 2.24) is 4.90 Å². The quantitative estimate of drug-likeness (QED) is 0.799. The Morgan fingerprint density at radius 3 is 2.53 bits per heavy atom. The monoisotopic (exact) mass is 236 g/mol. The number of nitrogens with two attached hydrogens (primary N) is 1. The summed E-state index contributed by atoms with van der Waals surface area (Å²) in [6.45, 7) is 2.66. The van der Waals surface area contributed by atoms with Crippen molar-refractivity contribution in [3.63, 3.8) is 0 Å². The predicted molar refractivity (Wildman–Crippen MR) is 71.9 cm³/mol. The van der Waals surface area contributed by atoms with Gasteiger partial charge in [-0.2, -0.15) is 0 Å². The topological polar surface area (TPSA) is 29.3 Å². The minimum absolute atomic E-state index is 0.499. The van der Waals surface area contributed by atoms with Gasteiger partial charge in [-0.1, -0.05) is 19.3 Å². The smallest absolute Gasteiger partial charge is 0.0124 e. The van der Waals surface area contributed by atoms with Crippen LogP contribution in [0, 0.1) is 11.8 Å². The third kappa shape index (κ3) is 2.53. The lowest BCUT2D eigenvalue weighted by Gasteiger charge is -2.45. The van der Waals surface area contributed by atoms with E-state index in [9.17, 15) is 0 Å². The molecule has 0 aromatic heterocycles. The number of fused-ring (bicyclic) bond motifs is 1. The minimum atomic E-state index is 0.499. The molecule has 2 N–H and O–H groups in total. The molecule has 0 bridgehead atoms. The van der Waals surface area contributed by atoms with Gasteiger partial charge in [0.25, 0.3) is 0 Å². The van der Waals surface area contributed by atoms with Crippen LogP contribution in [-0.4, -0.2) is 30.1 Å². The summed E-state index contributed by atoms with van der Waals surface area (Å²) >= 11 is 0. The molecule has 2 aliphatic carbocycles. The van der Waals surface area contributed by atoms with Gasteiger partial charge in [0.1, 0.15) is 0 Å². The molecule has 4 unspecified atom stereocenters. The Hall–Kier alpha value is -0.0800. The summed E-state index contributed by atoms with van der Waals surface area (Å²) in [5.41, 5.74) is 6.24. The van der Waals surface area contributed by atoms with E-state index in [-0.39, 0.29) is 0 Å². The van der Waals surface area contributed by atoms with E-state index in [2.05, 4.69) is 4.90 Å². The Bertz CT molecular complexity index is 251. The molecule has 0 spiro atoms. The molecule has 3 fully saturated rings. The Balaban J connectivity index is 1.61. The highest BCUT2D eigenvalue weighted by atomic mass is 15.2. The Morgan fingerprint density at radius 1 is 0.882 bits per heavy atom. The lowest BCUT2D eigenvalue weighted by molar-refractivity contribution is 0.0469. The summed E-state index contributed by atoms with van der Waals surface area (Å²) < 4.78 is 0. The van der Waals surface area contributed by atoms with Gasteiger partial charge >= 0.3 is 0 Å². The van der Waals surface area contributed by atoms with Gasteiger partial charge in [-0.25, -0.2) is 0 Å². The molecule has 4 atom stereocenters. The van der Waals surface area contributed by atoms with E-state index in [0.29, 0.717) is 6.04 Å². The van der Waals surface area contributed by atoms with Crippen molar-refractivity contribution in [2.24, 2.45) is 17.6 Å². The van der Waals surface area contributed by atoms with E-state index in [1.165, 1.54) is 70.9 Å². The summed E-state index contributed by atoms with van der Waals surface area (Å²) in [6.07, 6.45) is 12.9. The minimum Gasteiger partial charge on any atom is -0.327 e. The maximum atomic E-state index is 6.24. The maximum absolute atomic E-state index is 6.24. The zero-order chi connectivity index (χ0) is 11.7. The summed E-state index contributed by atoms with van der Waals surface area (Å²) in [5.74, 6) is 1.82. The Kier molecular flexibility index (Phi) is 3.72. The molecule has 17 heavy (non-hydrogen) atoms. The Morgan fingerprint density at radius 2 is 1.71 bits per heavy atom. The Labute approximate surface area is 106 Å². The number of rotatable bonds is 2. The van der Waals surface area contributed by atoms with Crippen molar-refractivity contribution in [3.05, 3.63) is 0 Å². The van der Waals surface area contributed by atoms with Crippen LogP contribution in [0.1, 0.15) is 57.8 Å². The van der Waals surface area contributed by atoms with Gasteiger partial charge in [0.15, 0.2) is 0 Å². The van der Waals surface area contributed by atoms with Gasteiger partial charge in [-0.15, -0.1) is 0 Å². The standard InChI is InChI=1S/C15H28N2/c16-14-8-3-6-13(14)11-17-10-4-7-12-5-1-2-9-15(12)17/h12-15H,1-11,16H2. The molecule has 2 nitrogen and oxygen atoms in total. The van der Waals surface area contributed by atoms with Crippen LogP contribution in [0.25, 0.3) is 0 Å². The van der Waals surface area contributed by atoms with Crippen LogP contribution in [0.2, 0.25) is 0 Å². The van der Waals surface area contributed by atoms with Crippen LogP contribution in [0.3, 0.4) is 0 Å². The average molecular weight is 236 g/mol. The summed E-state index contributed by atoms with van der Waals surface area (Å²) in [6, 6.07) is 1.42. The van der Waals surface area contributed by atoms with E-state index in [1.54, 1.807) is 0 Å². The molecular weight excluding hydrogens is 208 g/mol. The van der Waals surface area contributed by atoms with E-state index >= 15 is 0 Å². The summed E-state index contributed by atoms with van der Waals surface area (Å²) in [5, 5.41) is 0. The molecule has 98 valence electrons. The van der Waals surface area contributed by atoms with Crippen LogP contribution in [0.4, 0.5) is 0 Å². The number of piperidine rings is 1. The van der Waals surface area contributed by atoms with Crippen LogP contribution in [0.5, 0.6) is 0 Å². The summed E-state index contributed by atoms with van der Waals surface area (Å²) in [7, 11) is 0. The highest BCUT2D eigenvalue weighted by Gasteiger charge is 2.35. The predicted octanol–water partition coefficient (Wildman–Crippen LogP) is 2.77. The van der Waals surface area contributed by atoms with E-state index < -0.39 is 0 Å². The third-order valence-corrected chi connectivity index (χ3v) is 5.55. The van der Waals surface area contributed by atoms with Crippen LogP contribution in [0.15, 0.2) is 0 Å². The molecule has 3 rings (SSSR count). The molecule has 0 aromatic rings. The lowest BCUT2D eigenvalue weighted by Crippen LogP contribution is -2.49. The fourth-order valence-electron chi connectivity index (χ4n) is 4.55. The highest BCUT2D eigenvalue weighted by Crippen LogP contribution is 2.36. The second-order valence-electron chi connectivity index (χ2n) is 6.60. The largest absolute Gasteiger partial charge is 0.327 e. The molecule has 0 radical (unpaired) electrons. The van der Waals surface area contributed by atoms with Gasteiger partial charge in [0, 0.05) is 18.6 Å². The van der Waals surface area contributed by atoms with Crippen LogP contribution in [-0.2, 0) is 0 Å². The maximum Gasteiger partial charge on any atom is 0.0124 e. The first kappa shape index (κ1) is 12.0. The average Bonchev–Trinajstić information content (AvgIpc) is 2.76. The van der Waals surface area contributed by atoms with Gasteiger partial charge in [0.05, 0.1) is 0 Å². The normalized spacial score (nSPS) is 43.6. The van der Waals surface area contributed by atoms with Crippen molar-refractivity contribution in [1.29, 1.82) is 0 Å². The van der Waals surface area contributed by atoms with Crippen molar-refractivity contribution < 1.29 is 0 Å². The number of hydrogen-bond donors (Lipinski definition) is 1. The number of nitrogens with zero attached hydrogens (tertiary/aromatic N) is 1. The van der Waals surface area contributed by atoms with Crippen molar-refractivity contribution >= 4 is 0 Å². The molecule has 0 aromatic carbocycles. The zero-order valence-corrected chi connectivity index (χ0v) is 11.1. The van der Waals surface area contributed by atoms with Crippen molar-refractivity contribution in [3.8, 4) is 0 Å². The van der Waals surface area contributed by atoms with E-state index in [0.717, 1.165) is 17.9 Å². The molecule has 1 saturated heterocycles. The van der Waals surface area contributed by atoms with Crippen LogP contribution >= 0.6 is 0 Å². The molecule has 2 saturated carbocycles. The fourth-order valence-corrected chi connectivity index (χ4v) is 4.55. The van der Waals surface area contributed by atoms with E-state index in [1.807, 2.05) is 0 Å². The van der Waals surface area contributed by atoms with Crippen LogP contribution < -0.4 is 5.73 Å². The SMILES string of the molecule is NC1CCCC1CN1CCCC2CCCCC21. The van der Waals surface area contributed by atoms with Gasteiger partial charge in [-0.3, -0.25) is 4.90 Å². The molecule has 3 aliphatic rings. The lowest BCUT2D eigenvalue weighted by atomic mass is 9.78. The van der Waals surface area contributed by atoms with E-state index in [4.69, 9.17) is 5.73 Å². The number of hydrogen-bond acceptors (Lipinski definition) is 2. The highest BCUT2D eigenvalue weighted by molar-refractivity contribution is 4.90. The van der Waals surface area contributed by atoms with Gasteiger partial charge < -0.3 is 5.73 Å². The zero-order valence-electron chi connectivity index (χ0n) is 11.1. The fraction of sp³-hybridized carbons (Fsp3) is 1.00. The molecule has 1 heterocycles. The van der Waals surface area contributed by atoms with Gasteiger partial charge in [0.2, 0.25) is 0 Å². The molecule has 0 amide bonds.